The van der Waals surface area contributed by atoms with E-state index in [0.29, 0.717) is 31.2 Å². The number of morpholine rings is 1. The molecule has 1 unspecified atom stereocenters. The van der Waals surface area contributed by atoms with Crippen LogP contribution in [0.2, 0.25) is 0 Å². The molecule has 4 nitrogen and oxygen atoms in total. The van der Waals surface area contributed by atoms with Crippen LogP contribution in [0.3, 0.4) is 0 Å². The lowest BCUT2D eigenvalue weighted by Gasteiger charge is -2.30. The maximum atomic E-state index is 12.0. The van der Waals surface area contributed by atoms with Crippen molar-refractivity contribution in [2.24, 2.45) is 5.41 Å². The fraction of sp³-hybridized carbons (Fsp3) is 0.923. The van der Waals surface area contributed by atoms with Gasteiger partial charge in [-0.2, -0.15) is 0 Å². The minimum atomic E-state index is 0.219. The zero-order valence-electron chi connectivity index (χ0n) is 11.0. The molecule has 4 heteroatoms. The highest BCUT2D eigenvalue weighted by Gasteiger charge is 2.34. The molecule has 2 rings (SSSR count). The molecule has 1 saturated heterocycles. The largest absolute Gasteiger partial charge is 0.378 e. The van der Waals surface area contributed by atoms with Gasteiger partial charge in [-0.05, 0) is 18.3 Å². The Morgan fingerprint density at radius 1 is 1.41 bits per heavy atom. The normalized spacial score (nSPS) is 28.4. The number of hydrogen-bond acceptors (Lipinski definition) is 3. The van der Waals surface area contributed by atoms with Crippen molar-refractivity contribution in [2.45, 2.75) is 39.2 Å². The molecule has 0 spiro atoms. The second-order valence-electron chi connectivity index (χ2n) is 5.81. The molecule has 1 amide bonds. The highest BCUT2D eigenvalue weighted by molar-refractivity contribution is 5.78. The predicted molar refractivity (Wildman–Crippen MR) is 66.8 cm³/mol. The van der Waals surface area contributed by atoms with Crippen LogP contribution in [0.15, 0.2) is 0 Å². The van der Waals surface area contributed by atoms with E-state index in [2.05, 4.69) is 19.2 Å². The number of hydrogen-bond donors (Lipinski definition) is 1. The minimum Gasteiger partial charge on any atom is -0.378 e. The number of carbonyl (C=O) groups is 1. The van der Waals surface area contributed by atoms with Gasteiger partial charge in [-0.15, -0.1) is 0 Å². The minimum absolute atomic E-state index is 0.219. The van der Waals surface area contributed by atoms with Crippen LogP contribution in [0.5, 0.6) is 0 Å². The van der Waals surface area contributed by atoms with Gasteiger partial charge in [0.15, 0.2) is 0 Å². The van der Waals surface area contributed by atoms with Crippen molar-refractivity contribution >= 4 is 5.91 Å². The number of nitrogens with one attached hydrogen (secondary N) is 1. The van der Waals surface area contributed by atoms with E-state index in [4.69, 9.17) is 4.74 Å². The topological polar surface area (TPSA) is 41.6 Å². The molecule has 0 aromatic rings. The van der Waals surface area contributed by atoms with Crippen molar-refractivity contribution < 1.29 is 9.53 Å². The Labute approximate surface area is 104 Å². The van der Waals surface area contributed by atoms with Crippen molar-refractivity contribution in [1.82, 2.24) is 10.2 Å². The molecule has 0 aromatic carbocycles. The Balaban J connectivity index is 1.75. The predicted octanol–water partition coefficient (Wildman–Crippen LogP) is 1.01. The smallest absolute Gasteiger partial charge is 0.236 e. The summed E-state index contributed by atoms with van der Waals surface area (Å²) in [5.41, 5.74) is 0.339. The zero-order valence-corrected chi connectivity index (χ0v) is 11.0. The van der Waals surface area contributed by atoms with Crippen molar-refractivity contribution in [1.29, 1.82) is 0 Å². The first-order valence-corrected chi connectivity index (χ1v) is 6.68. The van der Waals surface area contributed by atoms with Gasteiger partial charge in [0.2, 0.25) is 5.91 Å². The van der Waals surface area contributed by atoms with Gasteiger partial charge in [-0.3, -0.25) is 4.79 Å². The summed E-state index contributed by atoms with van der Waals surface area (Å²) in [6.07, 6.45) is 3.73. The Bertz CT molecular complexity index is 273. The third-order valence-electron chi connectivity index (χ3n) is 4.12. The molecule has 17 heavy (non-hydrogen) atoms. The van der Waals surface area contributed by atoms with E-state index < -0.39 is 0 Å². The molecule has 0 radical (unpaired) electrons. The first kappa shape index (κ1) is 12.8. The van der Waals surface area contributed by atoms with Crippen LogP contribution in [0, 0.1) is 5.41 Å². The zero-order chi connectivity index (χ0) is 12.3. The maximum absolute atomic E-state index is 12.0. The molecule has 2 aliphatic rings. The molecule has 1 atom stereocenters. The molecule has 1 heterocycles. The van der Waals surface area contributed by atoms with Crippen LogP contribution in [0.25, 0.3) is 0 Å². The highest BCUT2D eigenvalue weighted by atomic mass is 16.5. The van der Waals surface area contributed by atoms with Gasteiger partial charge in [0.25, 0.3) is 0 Å². The lowest BCUT2D eigenvalue weighted by Crippen LogP contribution is -2.48. The van der Waals surface area contributed by atoms with Crippen molar-refractivity contribution in [3.05, 3.63) is 0 Å². The second kappa shape index (κ2) is 5.36. The van der Waals surface area contributed by atoms with Gasteiger partial charge < -0.3 is 15.0 Å². The molecule has 1 N–H and O–H groups in total. The van der Waals surface area contributed by atoms with E-state index in [1.54, 1.807) is 0 Å². The quantitative estimate of drug-likeness (QED) is 0.800. The van der Waals surface area contributed by atoms with Gasteiger partial charge >= 0.3 is 0 Å². The number of nitrogens with zero attached hydrogens (tertiary/aromatic N) is 1. The van der Waals surface area contributed by atoms with Crippen LogP contribution in [0.4, 0.5) is 0 Å². The van der Waals surface area contributed by atoms with Gasteiger partial charge in [0.1, 0.15) is 0 Å². The van der Waals surface area contributed by atoms with Gasteiger partial charge in [0.05, 0.1) is 19.8 Å². The molecule has 1 aliphatic heterocycles. The summed E-state index contributed by atoms with van der Waals surface area (Å²) in [7, 11) is 0. The maximum Gasteiger partial charge on any atom is 0.236 e. The molecule has 1 saturated carbocycles. The summed E-state index contributed by atoms with van der Waals surface area (Å²) in [5.74, 6) is 0.219. The Kier molecular flexibility index (Phi) is 4.05. The van der Waals surface area contributed by atoms with Crippen LogP contribution < -0.4 is 5.32 Å². The SMILES string of the molecule is CC1(C)CCCC1NCC(=O)N1CCOCC1. The third kappa shape index (κ3) is 3.19. The molecule has 2 fully saturated rings. The van der Waals surface area contributed by atoms with Crippen LogP contribution in [-0.4, -0.2) is 49.7 Å². The average molecular weight is 240 g/mol. The van der Waals surface area contributed by atoms with E-state index in [1.807, 2.05) is 4.90 Å². The van der Waals surface area contributed by atoms with E-state index in [0.717, 1.165) is 13.1 Å². The fourth-order valence-corrected chi connectivity index (χ4v) is 2.84. The Hall–Kier alpha value is -0.610. The third-order valence-corrected chi connectivity index (χ3v) is 4.12. The number of ether oxygens (including phenoxy) is 1. The molecule has 0 bridgehead atoms. The summed E-state index contributed by atoms with van der Waals surface area (Å²) in [6, 6.07) is 0.493. The van der Waals surface area contributed by atoms with Crippen LogP contribution in [-0.2, 0) is 9.53 Å². The molecular weight excluding hydrogens is 216 g/mol. The fourth-order valence-electron chi connectivity index (χ4n) is 2.84. The molecule has 0 aromatic heterocycles. The summed E-state index contributed by atoms with van der Waals surface area (Å²) >= 11 is 0. The van der Waals surface area contributed by atoms with Crippen molar-refractivity contribution in [3.8, 4) is 0 Å². The van der Waals surface area contributed by atoms with E-state index >= 15 is 0 Å². The summed E-state index contributed by atoms with van der Waals surface area (Å²) in [4.78, 5) is 13.9. The monoisotopic (exact) mass is 240 g/mol. The molecule has 1 aliphatic carbocycles. The molecule has 98 valence electrons. The standard InChI is InChI=1S/C13H24N2O2/c1-13(2)5-3-4-11(13)14-10-12(16)15-6-8-17-9-7-15/h11,14H,3-10H2,1-2H3. The Morgan fingerprint density at radius 3 is 2.71 bits per heavy atom. The van der Waals surface area contributed by atoms with E-state index in [1.165, 1.54) is 19.3 Å². The highest BCUT2D eigenvalue weighted by Crippen LogP contribution is 2.36. The first-order valence-electron chi connectivity index (χ1n) is 6.68. The summed E-state index contributed by atoms with van der Waals surface area (Å²) in [5, 5.41) is 3.44. The summed E-state index contributed by atoms with van der Waals surface area (Å²) in [6.45, 7) is 7.91. The van der Waals surface area contributed by atoms with Crippen molar-refractivity contribution in [3.63, 3.8) is 0 Å². The Morgan fingerprint density at radius 2 is 2.12 bits per heavy atom. The number of rotatable bonds is 3. The lowest BCUT2D eigenvalue weighted by molar-refractivity contribution is -0.134. The second-order valence-corrected chi connectivity index (χ2v) is 5.81. The first-order chi connectivity index (χ1) is 8.09. The molecular formula is C13H24N2O2. The number of amides is 1. The average Bonchev–Trinajstić information content (AvgIpc) is 2.66. The van der Waals surface area contributed by atoms with Crippen LogP contribution >= 0.6 is 0 Å². The van der Waals surface area contributed by atoms with Gasteiger partial charge in [-0.25, -0.2) is 0 Å². The summed E-state index contributed by atoms with van der Waals surface area (Å²) < 4.78 is 5.25. The van der Waals surface area contributed by atoms with E-state index in [-0.39, 0.29) is 5.91 Å². The lowest BCUT2D eigenvalue weighted by atomic mass is 9.87. The van der Waals surface area contributed by atoms with Crippen molar-refractivity contribution in [2.75, 3.05) is 32.8 Å². The van der Waals surface area contributed by atoms with Gasteiger partial charge in [-0.1, -0.05) is 20.3 Å². The number of carbonyl (C=O) groups excluding carboxylic acids is 1. The van der Waals surface area contributed by atoms with E-state index in [9.17, 15) is 4.79 Å². The van der Waals surface area contributed by atoms with Crippen LogP contribution in [0.1, 0.15) is 33.1 Å². The van der Waals surface area contributed by atoms with Gasteiger partial charge in [0, 0.05) is 19.1 Å².